The lowest BCUT2D eigenvalue weighted by atomic mass is 10.2. The molecule has 16 heavy (non-hydrogen) atoms. The van der Waals surface area contributed by atoms with Gasteiger partial charge >= 0.3 is 0 Å². The van der Waals surface area contributed by atoms with Gasteiger partial charge in [-0.3, -0.25) is 4.99 Å². The average Bonchev–Trinajstić information content (AvgIpc) is 2.32. The van der Waals surface area contributed by atoms with Crippen molar-refractivity contribution in [2.24, 2.45) is 4.99 Å². The number of nitrogens with two attached hydrogens (primary N) is 1. The van der Waals surface area contributed by atoms with E-state index in [2.05, 4.69) is 25.9 Å². The molecule has 0 aliphatic heterocycles. The van der Waals surface area contributed by atoms with Crippen molar-refractivity contribution in [2.45, 2.75) is 0 Å². The highest BCUT2D eigenvalue weighted by atomic mass is 79.9. The summed E-state index contributed by atoms with van der Waals surface area (Å²) in [5.74, 6) is 0.426. The van der Waals surface area contributed by atoms with Gasteiger partial charge in [-0.05, 0) is 27.6 Å². The summed E-state index contributed by atoms with van der Waals surface area (Å²) in [6.07, 6.45) is 3.41. The van der Waals surface area contributed by atoms with Crippen molar-refractivity contribution in [3.05, 3.63) is 52.6 Å². The van der Waals surface area contributed by atoms with Gasteiger partial charge in [-0.2, -0.15) is 0 Å². The van der Waals surface area contributed by atoms with E-state index < -0.39 is 0 Å². The molecule has 0 saturated heterocycles. The van der Waals surface area contributed by atoms with Gasteiger partial charge in [0.1, 0.15) is 11.5 Å². The first kappa shape index (κ1) is 10.8. The van der Waals surface area contributed by atoms with Crippen molar-refractivity contribution in [3.63, 3.8) is 0 Å². The number of halogens is 1. The molecule has 1 heterocycles. The molecule has 3 nitrogen and oxygen atoms in total. The Labute approximate surface area is 102 Å². The maximum Gasteiger partial charge on any atom is 0.149 e. The molecule has 0 spiro atoms. The maximum atomic E-state index is 5.71. The highest BCUT2D eigenvalue weighted by Gasteiger charge is 1.98. The van der Waals surface area contributed by atoms with E-state index in [4.69, 9.17) is 5.73 Å². The van der Waals surface area contributed by atoms with E-state index in [1.807, 2.05) is 36.4 Å². The van der Waals surface area contributed by atoms with Crippen LogP contribution in [0.4, 0.5) is 11.5 Å². The Hall–Kier alpha value is -1.68. The van der Waals surface area contributed by atoms with Gasteiger partial charge < -0.3 is 5.73 Å². The summed E-state index contributed by atoms with van der Waals surface area (Å²) >= 11 is 3.33. The Morgan fingerprint density at radius 3 is 2.75 bits per heavy atom. The standard InChI is InChI=1S/C12H10BrN3/c13-10-6-11(12(14)16-8-10)15-7-9-4-2-1-3-5-9/h1-8H,(H2,14,16)/b15-7+. The van der Waals surface area contributed by atoms with Gasteiger partial charge in [-0.1, -0.05) is 30.3 Å². The molecule has 1 aromatic heterocycles. The summed E-state index contributed by atoms with van der Waals surface area (Å²) in [6.45, 7) is 0. The summed E-state index contributed by atoms with van der Waals surface area (Å²) in [6, 6.07) is 11.7. The van der Waals surface area contributed by atoms with E-state index in [0.29, 0.717) is 11.5 Å². The van der Waals surface area contributed by atoms with E-state index in [9.17, 15) is 0 Å². The Bertz CT molecular complexity index is 509. The van der Waals surface area contributed by atoms with Gasteiger partial charge in [0.2, 0.25) is 0 Å². The minimum absolute atomic E-state index is 0.426. The zero-order valence-corrected chi connectivity index (χ0v) is 10.1. The van der Waals surface area contributed by atoms with Gasteiger partial charge in [0.15, 0.2) is 0 Å². The lowest BCUT2D eigenvalue weighted by Crippen LogP contribution is -1.90. The molecular formula is C12H10BrN3. The number of nitrogens with zero attached hydrogens (tertiary/aromatic N) is 2. The number of hydrogen-bond acceptors (Lipinski definition) is 3. The predicted octanol–water partition coefficient (Wildman–Crippen LogP) is 3.18. The van der Waals surface area contributed by atoms with E-state index in [1.54, 1.807) is 12.4 Å². The van der Waals surface area contributed by atoms with Crippen LogP contribution in [0.3, 0.4) is 0 Å². The molecule has 2 rings (SSSR count). The second-order valence-corrected chi connectivity index (χ2v) is 4.14. The molecule has 2 aromatic rings. The van der Waals surface area contributed by atoms with Crippen LogP contribution in [0, 0.1) is 0 Å². The molecule has 0 unspecified atom stereocenters. The molecular weight excluding hydrogens is 266 g/mol. The monoisotopic (exact) mass is 275 g/mol. The molecule has 0 amide bonds. The highest BCUT2D eigenvalue weighted by Crippen LogP contribution is 2.23. The zero-order valence-electron chi connectivity index (χ0n) is 8.47. The first-order chi connectivity index (χ1) is 7.75. The van der Waals surface area contributed by atoms with Crippen molar-refractivity contribution in [1.29, 1.82) is 0 Å². The summed E-state index contributed by atoms with van der Waals surface area (Å²) in [5, 5.41) is 0. The number of nitrogen functional groups attached to an aromatic ring is 1. The van der Waals surface area contributed by atoms with Gasteiger partial charge in [0.05, 0.1) is 0 Å². The fourth-order valence-corrected chi connectivity index (χ4v) is 1.54. The zero-order chi connectivity index (χ0) is 11.4. The summed E-state index contributed by atoms with van der Waals surface area (Å²) in [4.78, 5) is 8.30. The van der Waals surface area contributed by atoms with Crippen molar-refractivity contribution in [1.82, 2.24) is 4.98 Å². The third kappa shape index (κ3) is 2.67. The van der Waals surface area contributed by atoms with Gasteiger partial charge in [0.25, 0.3) is 0 Å². The molecule has 0 radical (unpaired) electrons. The first-order valence-electron chi connectivity index (χ1n) is 4.76. The van der Waals surface area contributed by atoms with Crippen LogP contribution in [0.2, 0.25) is 0 Å². The van der Waals surface area contributed by atoms with Crippen molar-refractivity contribution in [3.8, 4) is 0 Å². The fourth-order valence-electron chi connectivity index (χ4n) is 1.23. The van der Waals surface area contributed by atoms with Crippen LogP contribution in [0.25, 0.3) is 0 Å². The van der Waals surface area contributed by atoms with Crippen LogP contribution in [-0.4, -0.2) is 11.2 Å². The van der Waals surface area contributed by atoms with Crippen LogP contribution in [0.1, 0.15) is 5.56 Å². The van der Waals surface area contributed by atoms with Crippen molar-refractivity contribution >= 4 is 33.6 Å². The van der Waals surface area contributed by atoms with E-state index in [1.165, 1.54) is 0 Å². The molecule has 0 bridgehead atoms. The number of pyridine rings is 1. The molecule has 0 atom stereocenters. The molecule has 2 N–H and O–H groups in total. The van der Waals surface area contributed by atoms with Gasteiger partial charge in [-0.25, -0.2) is 4.98 Å². The third-order valence-corrected chi connectivity index (χ3v) is 2.45. The SMILES string of the molecule is Nc1ncc(Br)cc1/N=C/c1ccccc1. The second-order valence-electron chi connectivity index (χ2n) is 3.23. The van der Waals surface area contributed by atoms with Crippen LogP contribution >= 0.6 is 15.9 Å². The maximum absolute atomic E-state index is 5.71. The molecule has 0 saturated carbocycles. The first-order valence-corrected chi connectivity index (χ1v) is 5.55. The minimum atomic E-state index is 0.426. The molecule has 0 aliphatic rings. The Morgan fingerprint density at radius 2 is 2.00 bits per heavy atom. The van der Waals surface area contributed by atoms with Crippen LogP contribution in [0.15, 0.2) is 52.1 Å². The average molecular weight is 276 g/mol. The smallest absolute Gasteiger partial charge is 0.149 e. The quantitative estimate of drug-likeness (QED) is 0.856. The molecule has 0 aliphatic carbocycles. The van der Waals surface area contributed by atoms with E-state index in [0.717, 1.165) is 10.0 Å². The summed E-state index contributed by atoms with van der Waals surface area (Å²) in [7, 11) is 0. The fraction of sp³-hybridized carbons (Fsp3) is 0. The lowest BCUT2D eigenvalue weighted by Gasteiger charge is -1.99. The Morgan fingerprint density at radius 1 is 1.25 bits per heavy atom. The lowest BCUT2D eigenvalue weighted by molar-refractivity contribution is 1.30. The van der Waals surface area contributed by atoms with Gasteiger partial charge in [0, 0.05) is 16.9 Å². The summed E-state index contributed by atoms with van der Waals surface area (Å²) in [5.41, 5.74) is 7.40. The Kier molecular flexibility index (Phi) is 3.31. The normalized spacial score (nSPS) is 10.8. The van der Waals surface area contributed by atoms with Gasteiger partial charge in [-0.15, -0.1) is 0 Å². The van der Waals surface area contributed by atoms with E-state index >= 15 is 0 Å². The number of aliphatic imine (C=N–C) groups is 1. The Balaban J connectivity index is 2.27. The number of anilines is 1. The van der Waals surface area contributed by atoms with Crippen molar-refractivity contribution < 1.29 is 0 Å². The van der Waals surface area contributed by atoms with Crippen LogP contribution in [0.5, 0.6) is 0 Å². The molecule has 0 fully saturated rings. The number of hydrogen-bond donors (Lipinski definition) is 1. The number of benzene rings is 1. The van der Waals surface area contributed by atoms with Crippen LogP contribution in [-0.2, 0) is 0 Å². The van der Waals surface area contributed by atoms with Crippen LogP contribution < -0.4 is 5.73 Å². The summed E-state index contributed by atoms with van der Waals surface area (Å²) < 4.78 is 0.863. The minimum Gasteiger partial charge on any atom is -0.382 e. The van der Waals surface area contributed by atoms with E-state index in [-0.39, 0.29) is 0 Å². The topological polar surface area (TPSA) is 51.3 Å². The number of rotatable bonds is 2. The third-order valence-electron chi connectivity index (χ3n) is 2.02. The van der Waals surface area contributed by atoms with Crippen molar-refractivity contribution in [2.75, 3.05) is 5.73 Å². The molecule has 4 heteroatoms. The molecule has 80 valence electrons. The number of aromatic nitrogens is 1. The highest BCUT2D eigenvalue weighted by molar-refractivity contribution is 9.10. The predicted molar refractivity (Wildman–Crippen MR) is 70.0 cm³/mol. The second kappa shape index (κ2) is 4.90. The largest absolute Gasteiger partial charge is 0.382 e. The molecule has 1 aromatic carbocycles.